The first-order chi connectivity index (χ1) is 8.57. The number of alkyl halides is 3. The summed E-state index contributed by atoms with van der Waals surface area (Å²) in [6.45, 7) is 0. The Morgan fingerprint density at radius 2 is 1.33 bits per heavy atom. The zero-order valence-corrected chi connectivity index (χ0v) is 9.48. The molecule has 0 fully saturated rings. The van der Waals surface area contributed by atoms with Gasteiger partial charge in [-0.15, -0.1) is 0 Å². The van der Waals surface area contributed by atoms with Gasteiger partial charge >= 0.3 is 6.18 Å². The van der Waals surface area contributed by atoms with E-state index in [4.69, 9.17) is 0 Å². The van der Waals surface area contributed by atoms with Gasteiger partial charge in [0.1, 0.15) is 0 Å². The molecule has 92 valence electrons. The summed E-state index contributed by atoms with van der Waals surface area (Å²) in [6, 6.07) is 14.8. The smallest absolute Gasteiger partial charge is 0.166 e. The van der Waals surface area contributed by atoms with Gasteiger partial charge in [0.2, 0.25) is 0 Å². The van der Waals surface area contributed by atoms with Crippen molar-refractivity contribution in [2.75, 3.05) is 0 Å². The molecule has 0 aliphatic carbocycles. The maximum Gasteiger partial charge on any atom is 0.416 e. The van der Waals surface area contributed by atoms with Gasteiger partial charge in [-0.3, -0.25) is 0 Å². The highest BCUT2D eigenvalue weighted by Gasteiger charge is 2.32. The Balaban J connectivity index is 2.33. The summed E-state index contributed by atoms with van der Waals surface area (Å²) in [5, 5.41) is 0. The maximum absolute atomic E-state index is 12.7. The maximum atomic E-state index is 12.7. The third-order valence-corrected chi connectivity index (χ3v) is 2.52. The minimum atomic E-state index is -4.32. The van der Waals surface area contributed by atoms with Gasteiger partial charge in [0.05, 0.1) is 5.56 Å². The molecule has 0 saturated carbocycles. The molecule has 0 spiro atoms. The van der Waals surface area contributed by atoms with Crippen LogP contribution in [0.1, 0.15) is 16.7 Å². The van der Waals surface area contributed by atoms with Crippen molar-refractivity contribution in [2.24, 2.45) is 0 Å². The zero-order chi connectivity index (χ0) is 13.0. The van der Waals surface area contributed by atoms with Crippen molar-refractivity contribution in [3.8, 4) is 0 Å². The number of hydrogen-bond acceptors (Lipinski definition) is 0. The van der Waals surface area contributed by atoms with Crippen molar-refractivity contribution >= 4 is 12.2 Å². The van der Waals surface area contributed by atoms with Crippen molar-refractivity contribution in [3.05, 3.63) is 71.3 Å². The van der Waals surface area contributed by atoms with E-state index in [0.29, 0.717) is 0 Å². The Bertz CT molecular complexity index is 539. The van der Waals surface area contributed by atoms with Gasteiger partial charge in [-0.1, -0.05) is 60.7 Å². The molecule has 0 aromatic heterocycles. The van der Waals surface area contributed by atoms with E-state index >= 15 is 0 Å². The largest absolute Gasteiger partial charge is 0.416 e. The molecule has 0 N–H and O–H groups in total. The second kappa shape index (κ2) is 5.08. The van der Waals surface area contributed by atoms with Crippen LogP contribution in [0.2, 0.25) is 0 Å². The third kappa shape index (κ3) is 3.00. The molecule has 0 aliphatic heterocycles. The van der Waals surface area contributed by atoms with E-state index in [1.807, 2.05) is 30.3 Å². The Hall–Kier alpha value is -2.03. The topological polar surface area (TPSA) is 0 Å². The van der Waals surface area contributed by atoms with Gasteiger partial charge in [0.25, 0.3) is 0 Å². The van der Waals surface area contributed by atoms with E-state index in [-0.39, 0.29) is 5.56 Å². The van der Waals surface area contributed by atoms with Crippen molar-refractivity contribution in [3.63, 3.8) is 0 Å². The van der Waals surface area contributed by atoms with E-state index in [2.05, 4.69) is 0 Å². The van der Waals surface area contributed by atoms with Crippen LogP contribution in [0.3, 0.4) is 0 Å². The number of hydrogen-bond donors (Lipinski definition) is 0. The van der Waals surface area contributed by atoms with Gasteiger partial charge in [-0.2, -0.15) is 13.2 Å². The van der Waals surface area contributed by atoms with E-state index in [0.717, 1.165) is 11.6 Å². The van der Waals surface area contributed by atoms with Crippen LogP contribution in [0, 0.1) is 0 Å². The first-order valence-corrected chi connectivity index (χ1v) is 5.47. The molecule has 0 amide bonds. The lowest BCUT2D eigenvalue weighted by atomic mass is 10.1. The monoisotopic (exact) mass is 248 g/mol. The van der Waals surface area contributed by atoms with Crippen molar-refractivity contribution in [2.45, 2.75) is 6.18 Å². The van der Waals surface area contributed by atoms with Gasteiger partial charge in [0.15, 0.2) is 0 Å². The predicted molar refractivity (Wildman–Crippen MR) is 66.8 cm³/mol. The van der Waals surface area contributed by atoms with Crippen LogP contribution in [-0.2, 0) is 6.18 Å². The van der Waals surface area contributed by atoms with Gasteiger partial charge in [-0.25, -0.2) is 0 Å². The van der Waals surface area contributed by atoms with Crippen molar-refractivity contribution in [1.82, 2.24) is 0 Å². The molecular formula is C15H11F3. The van der Waals surface area contributed by atoms with Crippen LogP contribution in [-0.4, -0.2) is 0 Å². The standard InChI is InChI=1S/C15H11F3/c16-15(17,18)14-9-5-4-8-13(14)11-10-12-6-2-1-3-7-12/h1-11H/b11-10-. The second-order valence-corrected chi connectivity index (χ2v) is 3.83. The summed E-state index contributed by atoms with van der Waals surface area (Å²) in [4.78, 5) is 0. The Morgan fingerprint density at radius 3 is 2.00 bits per heavy atom. The molecule has 0 atom stereocenters. The minimum absolute atomic E-state index is 0.175. The van der Waals surface area contributed by atoms with Crippen LogP contribution in [0.4, 0.5) is 13.2 Å². The summed E-state index contributed by atoms with van der Waals surface area (Å²) >= 11 is 0. The average molecular weight is 248 g/mol. The van der Waals surface area contributed by atoms with Crippen LogP contribution in [0.25, 0.3) is 12.2 Å². The van der Waals surface area contributed by atoms with Gasteiger partial charge < -0.3 is 0 Å². The van der Waals surface area contributed by atoms with Crippen LogP contribution in [0.15, 0.2) is 54.6 Å². The molecule has 0 aliphatic rings. The van der Waals surface area contributed by atoms with Crippen LogP contribution >= 0.6 is 0 Å². The number of benzene rings is 2. The van der Waals surface area contributed by atoms with Gasteiger partial charge in [0, 0.05) is 0 Å². The summed E-state index contributed by atoms with van der Waals surface area (Å²) in [6.07, 6.45) is -1.17. The van der Waals surface area contributed by atoms with E-state index < -0.39 is 11.7 Å². The average Bonchev–Trinajstić information content (AvgIpc) is 2.37. The molecule has 0 bridgehead atoms. The lowest BCUT2D eigenvalue weighted by molar-refractivity contribution is -0.137. The molecule has 0 nitrogen and oxygen atoms in total. The SMILES string of the molecule is FC(F)(F)c1ccccc1/C=C\c1ccccc1. The zero-order valence-electron chi connectivity index (χ0n) is 9.48. The molecule has 0 heterocycles. The first-order valence-electron chi connectivity index (χ1n) is 5.47. The summed E-state index contributed by atoms with van der Waals surface area (Å²) in [5.74, 6) is 0. The third-order valence-electron chi connectivity index (χ3n) is 2.52. The lowest BCUT2D eigenvalue weighted by Crippen LogP contribution is -2.06. The fraction of sp³-hybridized carbons (Fsp3) is 0.0667. The summed E-state index contributed by atoms with van der Waals surface area (Å²) in [7, 11) is 0. The number of halogens is 3. The van der Waals surface area contributed by atoms with E-state index in [9.17, 15) is 13.2 Å². The highest BCUT2D eigenvalue weighted by atomic mass is 19.4. The molecule has 0 unspecified atom stereocenters. The molecular weight excluding hydrogens is 237 g/mol. The normalized spacial score (nSPS) is 11.9. The molecule has 0 radical (unpaired) electrons. The van der Waals surface area contributed by atoms with Crippen molar-refractivity contribution in [1.29, 1.82) is 0 Å². The molecule has 2 aromatic rings. The molecule has 3 heteroatoms. The predicted octanol–water partition coefficient (Wildman–Crippen LogP) is 4.88. The Kier molecular flexibility index (Phi) is 3.51. The highest BCUT2D eigenvalue weighted by Crippen LogP contribution is 2.32. The van der Waals surface area contributed by atoms with E-state index in [1.165, 1.54) is 18.2 Å². The number of rotatable bonds is 2. The highest BCUT2D eigenvalue weighted by molar-refractivity contribution is 5.71. The van der Waals surface area contributed by atoms with E-state index in [1.54, 1.807) is 12.1 Å². The van der Waals surface area contributed by atoms with Crippen LogP contribution < -0.4 is 0 Å². The van der Waals surface area contributed by atoms with Crippen molar-refractivity contribution < 1.29 is 13.2 Å². The fourth-order valence-electron chi connectivity index (χ4n) is 1.65. The molecule has 2 rings (SSSR count). The van der Waals surface area contributed by atoms with Gasteiger partial charge in [-0.05, 0) is 17.2 Å². The Morgan fingerprint density at radius 1 is 0.722 bits per heavy atom. The quantitative estimate of drug-likeness (QED) is 0.665. The lowest BCUT2D eigenvalue weighted by Gasteiger charge is -2.09. The summed E-state index contributed by atoms with van der Waals surface area (Å²) in [5.41, 5.74) is 0.431. The minimum Gasteiger partial charge on any atom is -0.166 e. The second-order valence-electron chi connectivity index (χ2n) is 3.83. The fourth-order valence-corrected chi connectivity index (χ4v) is 1.65. The molecule has 0 saturated heterocycles. The summed E-state index contributed by atoms with van der Waals surface area (Å²) < 4.78 is 38.2. The van der Waals surface area contributed by atoms with Crippen LogP contribution in [0.5, 0.6) is 0 Å². The first kappa shape index (κ1) is 12.4. The molecule has 18 heavy (non-hydrogen) atoms. The Labute approximate surface area is 103 Å². The molecule has 2 aromatic carbocycles.